The van der Waals surface area contributed by atoms with Crippen LogP contribution in [0, 0.1) is 22.9 Å². The van der Waals surface area contributed by atoms with Crippen LogP contribution < -0.4 is 9.44 Å². The van der Waals surface area contributed by atoms with Crippen LogP contribution in [0.25, 0.3) is 0 Å². The van der Waals surface area contributed by atoms with Crippen molar-refractivity contribution in [3.8, 4) is 0 Å². The second-order valence-electron chi connectivity index (χ2n) is 5.93. The largest absolute Gasteiger partial charge is 0.306 e. The number of nitro benzene ring substituents is 1. The molecule has 0 unspecified atom stereocenters. The minimum absolute atomic E-state index is 0.0308. The molecule has 0 spiro atoms. The van der Waals surface area contributed by atoms with Crippen LogP contribution in [-0.4, -0.2) is 28.8 Å². The van der Waals surface area contributed by atoms with Crippen molar-refractivity contribution in [2.45, 2.75) is 24.1 Å². The lowest BCUT2D eigenvalue weighted by atomic mass is 10.1. The van der Waals surface area contributed by atoms with Crippen molar-refractivity contribution in [2.24, 2.45) is 0 Å². The molecular formula is C16H18FN3O6S2. The Morgan fingerprint density at radius 3 is 2.18 bits per heavy atom. The number of hydrogen-bond donors (Lipinski definition) is 2. The van der Waals surface area contributed by atoms with Gasteiger partial charge in [-0.2, -0.15) is 4.39 Å². The summed E-state index contributed by atoms with van der Waals surface area (Å²) in [6, 6.07) is 7.69. The van der Waals surface area contributed by atoms with Crippen LogP contribution in [0.4, 0.5) is 10.1 Å². The van der Waals surface area contributed by atoms with Crippen LogP contribution in [0.3, 0.4) is 0 Å². The fourth-order valence-electron chi connectivity index (χ4n) is 2.37. The summed E-state index contributed by atoms with van der Waals surface area (Å²) in [5.74, 6) is -1.33. The Morgan fingerprint density at radius 2 is 1.64 bits per heavy atom. The molecule has 152 valence electrons. The molecule has 0 aliphatic heterocycles. The van der Waals surface area contributed by atoms with Crippen molar-refractivity contribution in [1.29, 1.82) is 0 Å². The first-order valence-corrected chi connectivity index (χ1v) is 11.0. The first-order valence-electron chi connectivity index (χ1n) is 7.88. The Balaban J connectivity index is 2.18. The number of rotatable bonds is 8. The van der Waals surface area contributed by atoms with E-state index in [9.17, 15) is 31.3 Å². The van der Waals surface area contributed by atoms with Crippen LogP contribution in [0.15, 0.2) is 41.3 Å². The molecule has 12 heteroatoms. The average molecular weight is 431 g/mol. The summed E-state index contributed by atoms with van der Waals surface area (Å²) in [6.45, 7) is 1.20. The Bertz CT molecular complexity index is 1100. The molecular weight excluding hydrogens is 413 g/mol. The Labute approximate surface area is 161 Å². The van der Waals surface area contributed by atoms with Crippen molar-refractivity contribution >= 4 is 25.7 Å². The highest BCUT2D eigenvalue weighted by Gasteiger charge is 2.24. The zero-order chi connectivity index (χ0) is 21.1. The Hall–Kier alpha value is -2.41. The summed E-state index contributed by atoms with van der Waals surface area (Å²) in [4.78, 5) is 9.46. The molecule has 0 saturated carbocycles. The summed E-state index contributed by atoms with van der Waals surface area (Å²) in [5.41, 5.74) is 0.165. The van der Waals surface area contributed by atoms with Crippen LogP contribution >= 0.6 is 0 Å². The lowest BCUT2D eigenvalue weighted by Gasteiger charge is -2.10. The van der Waals surface area contributed by atoms with Gasteiger partial charge in [0.05, 0.1) is 15.6 Å². The smallest absolute Gasteiger partial charge is 0.258 e. The normalized spacial score (nSPS) is 12.1. The zero-order valence-electron chi connectivity index (χ0n) is 15.0. The second-order valence-corrected chi connectivity index (χ2v) is 9.59. The molecule has 28 heavy (non-hydrogen) atoms. The summed E-state index contributed by atoms with van der Waals surface area (Å²) in [7, 11) is -6.25. The molecule has 0 fully saturated rings. The molecule has 0 aliphatic carbocycles. The summed E-state index contributed by atoms with van der Waals surface area (Å²) in [5, 5.41) is 10.8. The number of benzene rings is 2. The number of hydrogen-bond acceptors (Lipinski definition) is 6. The molecule has 0 heterocycles. The lowest BCUT2D eigenvalue weighted by molar-refractivity contribution is -0.387. The molecule has 2 rings (SSSR count). The summed E-state index contributed by atoms with van der Waals surface area (Å²) in [6.07, 6.45) is 0. The number of sulfonamides is 2. The first-order chi connectivity index (χ1) is 12.9. The number of nitrogens with one attached hydrogen (secondary N) is 2. The molecule has 2 N–H and O–H groups in total. The van der Waals surface area contributed by atoms with Gasteiger partial charge in [-0.05, 0) is 36.7 Å². The quantitative estimate of drug-likeness (QED) is 0.481. The maximum absolute atomic E-state index is 13.6. The minimum Gasteiger partial charge on any atom is -0.258 e. The summed E-state index contributed by atoms with van der Waals surface area (Å²) >= 11 is 0. The number of halogens is 1. The zero-order valence-corrected chi connectivity index (χ0v) is 16.6. The van der Waals surface area contributed by atoms with Gasteiger partial charge < -0.3 is 0 Å². The van der Waals surface area contributed by atoms with Crippen molar-refractivity contribution in [3.63, 3.8) is 0 Å². The second kappa shape index (κ2) is 8.31. The minimum atomic E-state index is -4.13. The molecule has 0 bridgehead atoms. The number of nitrogens with zero attached hydrogens (tertiary/aromatic N) is 1. The highest BCUT2D eigenvalue weighted by molar-refractivity contribution is 7.89. The molecule has 2 aromatic carbocycles. The van der Waals surface area contributed by atoms with Gasteiger partial charge >= 0.3 is 5.69 Å². The highest BCUT2D eigenvalue weighted by atomic mass is 32.2. The molecule has 0 aliphatic rings. The molecule has 0 atom stereocenters. The van der Waals surface area contributed by atoms with Crippen molar-refractivity contribution in [2.75, 3.05) is 7.05 Å². The van der Waals surface area contributed by atoms with Crippen LogP contribution in [0.5, 0.6) is 0 Å². The lowest BCUT2D eigenvalue weighted by Crippen LogP contribution is -2.24. The highest BCUT2D eigenvalue weighted by Crippen LogP contribution is 2.25. The van der Waals surface area contributed by atoms with E-state index in [4.69, 9.17) is 0 Å². The third-order valence-electron chi connectivity index (χ3n) is 3.89. The molecule has 0 radical (unpaired) electrons. The summed E-state index contributed by atoms with van der Waals surface area (Å²) < 4.78 is 66.1. The van der Waals surface area contributed by atoms with Gasteiger partial charge in [-0.3, -0.25) is 10.1 Å². The van der Waals surface area contributed by atoms with Crippen LogP contribution in [0.2, 0.25) is 0 Å². The van der Waals surface area contributed by atoms with Crippen LogP contribution in [0.1, 0.15) is 16.7 Å². The average Bonchev–Trinajstić information content (AvgIpc) is 2.60. The van der Waals surface area contributed by atoms with Gasteiger partial charge in [-0.1, -0.05) is 24.3 Å². The monoisotopic (exact) mass is 431 g/mol. The van der Waals surface area contributed by atoms with Gasteiger partial charge in [-0.25, -0.2) is 26.3 Å². The predicted octanol–water partition coefficient (Wildman–Crippen LogP) is 1.57. The van der Waals surface area contributed by atoms with E-state index >= 15 is 0 Å². The number of nitro groups is 1. The molecule has 0 amide bonds. The van der Waals surface area contributed by atoms with E-state index < -0.39 is 41.4 Å². The van der Waals surface area contributed by atoms with Gasteiger partial charge in [0.2, 0.25) is 25.9 Å². The molecule has 9 nitrogen and oxygen atoms in total. The SMILES string of the molecule is CNS(=O)(=O)Cc1ccc(CNS(=O)(=O)c2cc([N+](=O)[O-])c(F)cc2C)cc1. The fourth-order valence-corrected chi connectivity index (χ4v) is 4.41. The van der Waals surface area contributed by atoms with Gasteiger partial charge in [0.1, 0.15) is 0 Å². The standard InChI is InChI=1S/C16H18FN3O6S2/c1-11-7-14(17)15(20(21)22)8-16(11)28(25,26)19-9-12-3-5-13(6-4-12)10-27(23,24)18-2/h3-8,18-19H,9-10H2,1-2H3. The number of aryl methyl sites for hydroxylation is 1. The van der Waals surface area contributed by atoms with E-state index in [1.165, 1.54) is 14.0 Å². The first kappa shape index (κ1) is 21.9. The van der Waals surface area contributed by atoms with E-state index in [-0.39, 0.29) is 17.9 Å². The van der Waals surface area contributed by atoms with Gasteiger partial charge in [0.15, 0.2) is 0 Å². The third-order valence-corrected chi connectivity index (χ3v) is 6.77. The topological polar surface area (TPSA) is 135 Å². The van der Waals surface area contributed by atoms with E-state index in [0.717, 1.165) is 6.07 Å². The van der Waals surface area contributed by atoms with E-state index in [1.807, 2.05) is 0 Å². The van der Waals surface area contributed by atoms with Gasteiger partial charge in [0, 0.05) is 12.6 Å². The maximum Gasteiger partial charge on any atom is 0.306 e. The third kappa shape index (κ3) is 5.32. The molecule has 2 aromatic rings. The van der Waals surface area contributed by atoms with Crippen LogP contribution in [-0.2, 0) is 32.3 Å². The molecule has 0 saturated heterocycles. The van der Waals surface area contributed by atoms with Crippen molar-refractivity contribution in [3.05, 3.63) is 69.0 Å². The Morgan fingerprint density at radius 1 is 1.07 bits per heavy atom. The van der Waals surface area contributed by atoms with E-state index in [1.54, 1.807) is 24.3 Å². The van der Waals surface area contributed by atoms with E-state index in [0.29, 0.717) is 17.2 Å². The molecule has 0 aromatic heterocycles. The van der Waals surface area contributed by atoms with Gasteiger partial charge in [0.25, 0.3) is 0 Å². The Kier molecular flexibility index (Phi) is 6.49. The maximum atomic E-state index is 13.6. The van der Waals surface area contributed by atoms with Crippen molar-refractivity contribution < 1.29 is 26.1 Å². The van der Waals surface area contributed by atoms with Crippen molar-refractivity contribution in [1.82, 2.24) is 9.44 Å². The fraction of sp³-hybridized carbons (Fsp3) is 0.250. The predicted molar refractivity (Wildman–Crippen MR) is 99.9 cm³/mol. The van der Waals surface area contributed by atoms with E-state index in [2.05, 4.69) is 9.44 Å². The van der Waals surface area contributed by atoms with Gasteiger partial charge in [-0.15, -0.1) is 0 Å².